The molecule has 1 aliphatic rings. The van der Waals surface area contributed by atoms with Gasteiger partial charge >= 0.3 is 0 Å². The maximum atomic E-state index is 11.8. The molecule has 2 rings (SSSR count). The summed E-state index contributed by atoms with van der Waals surface area (Å²) >= 11 is 6.13. The van der Waals surface area contributed by atoms with Crippen LogP contribution in [-0.4, -0.2) is 18.5 Å². The van der Waals surface area contributed by atoms with E-state index in [0.717, 1.165) is 10.6 Å². The summed E-state index contributed by atoms with van der Waals surface area (Å²) in [6, 6.07) is 8.06. The highest BCUT2D eigenvalue weighted by atomic mass is 35.5. The van der Waals surface area contributed by atoms with Crippen molar-refractivity contribution < 1.29 is 4.79 Å². The molecule has 2 atom stereocenters. The zero-order valence-corrected chi connectivity index (χ0v) is 12.2. The number of nitrogens with one attached hydrogen (secondary N) is 2. The van der Waals surface area contributed by atoms with Gasteiger partial charge in [-0.25, -0.2) is 0 Å². The lowest BCUT2D eigenvalue weighted by molar-refractivity contribution is -0.121. The fourth-order valence-corrected chi connectivity index (χ4v) is 2.50. The van der Waals surface area contributed by atoms with Crippen LogP contribution in [0.2, 0.25) is 5.02 Å². The Kier molecular flexibility index (Phi) is 4.83. The molecule has 3 nitrogen and oxygen atoms in total. The van der Waals surface area contributed by atoms with Gasteiger partial charge in [0.15, 0.2) is 0 Å². The lowest BCUT2D eigenvalue weighted by Crippen LogP contribution is -2.40. The molecule has 1 fully saturated rings. The van der Waals surface area contributed by atoms with Crippen LogP contribution in [0.5, 0.6) is 0 Å². The first-order valence-corrected chi connectivity index (χ1v) is 7.23. The van der Waals surface area contributed by atoms with Crippen molar-refractivity contribution in [1.29, 1.82) is 0 Å². The van der Waals surface area contributed by atoms with Gasteiger partial charge in [0.1, 0.15) is 0 Å². The highest BCUT2D eigenvalue weighted by Crippen LogP contribution is 2.32. The lowest BCUT2D eigenvalue weighted by Gasteiger charge is -2.17. The van der Waals surface area contributed by atoms with E-state index < -0.39 is 0 Å². The highest BCUT2D eigenvalue weighted by molar-refractivity contribution is 6.31. The number of amides is 1. The zero-order valence-electron chi connectivity index (χ0n) is 11.4. The predicted octanol–water partition coefficient (Wildman–Crippen LogP) is 2.91. The quantitative estimate of drug-likeness (QED) is 0.841. The third kappa shape index (κ3) is 4.22. The number of carbonyl (C=O) groups excluding carboxylic acids is 1. The van der Waals surface area contributed by atoms with Crippen molar-refractivity contribution in [3.8, 4) is 0 Å². The standard InChI is InChI=1S/C15H21ClN2O/c1-10(12-7-8-12)18-15(19)9-17-11(2)13-5-3-4-6-14(13)16/h3-6,10-12,17H,7-9H2,1-2H3,(H,18,19)/t10-,11+/m0/s1. The van der Waals surface area contributed by atoms with E-state index in [2.05, 4.69) is 17.6 Å². The first-order chi connectivity index (χ1) is 9.08. The SMILES string of the molecule is C[C@H](NC(=O)CN[C@H](C)c1ccccc1Cl)C1CC1. The molecule has 2 N–H and O–H groups in total. The van der Waals surface area contributed by atoms with Crippen LogP contribution in [0.1, 0.15) is 38.3 Å². The normalized spacial score (nSPS) is 17.8. The molecule has 0 heterocycles. The van der Waals surface area contributed by atoms with Gasteiger partial charge in [0.25, 0.3) is 0 Å². The van der Waals surface area contributed by atoms with Gasteiger partial charge in [-0.3, -0.25) is 4.79 Å². The third-order valence-electron chi connectivity index (χ3n) is 3.66. The van der Waals surface area contributed by atoms with E-state index in [1.54, 1.807) is 0 Å². The molecule has 1 amide bonds. The van der Waals surface area contributed by atoms with Gasteiger partial charge in [-0.15, -0.1) is 0 Å². The van der Waals surface area contributed by atoms with Crippen molar-refractivity contribution in [3.63, 3.8) is 0 Å². The van der Waals surface area contributed by atoms with Crippen molar-refractivity contribution >= 4 is 17.5 Å². The summed E-state index contributed by atoms with van der Waals surface area (Å²) < 4.78 is 0. The molecule has 19 heavy (non-hydrogen) atoms. The second-order valence-electron chi connectivity index (χ2n) is 5.32. The molecule has 1 aromatic rings. The Labute approximate surface area is 119 Å². The topological polar surface area (TPSA) is 41.1 Å². The third-order valence-corrected chi connectivity index (χ3v) is 4.00. The van der Waals surface area contributed by atoms with Gasteiger partial charge in [0.2, 0.25) is 5.91 Å². The van der Waals surface area contributed by atoms with E-state index in [4.69, 9.17) is 11.6 Å². The summed E-state index contributed by atoms with van der Waals surface area (Å²) in [5, 5.41) is 6.97. The smallest absolute Gasteiger partial charge is 0.234 e. The Morgan fingerprint density at radius 2 is 2.05 bits per heavy atom. The maximum absolute atomic E-state index is 11.8. The van der Waals surface area contributed by atoms with Crippen molar-refractivity contribution in [1.82, 2.24) is 10.6 Å². The van der Waals surface area contributed by atoms with E-state index in [9.17, 15) is 4.79 Å². The Bertz CT molecular complexity index is 446. The molecule has 0 bridgehead atoms. The highest BCUT2D eigenvalue weighted by Gasteiger charge is 2.28. The van der Waals surface area contributed by atoms with Gasteiger partial charge in [-0.2, -0.15) is 0 Å². The number of halogens is 1. The van der Waals surface area contributed by atoms with Gasteiger partial charge in [0.05, 0.1) is 6.54 Å². The second kappa shape index (κ2) is 6.40. The van der Waals surface area contributed by atoms with Crippen molar-refractivity contribution in [2.45, 2.75) is 38.8 Å². The Balaban J connectivity index is 1.78. The Hall–Kier alpha value is -1.06. The number of hydrogen-bond donors (Lipinski definition) is 2. The molecule has 104 valence electrons. The van der Waals surface area contributed by atoms with Crippen LogP contribution < -0.4 is 10.6 Å². The van der Waals surface area contributed by atoms with Crippen molar-refractivity contribution in [2.24, 2.45) is 5.92 Å². The number of benzene rings is 1. The minimum atomic E-state index is 0.0540. The Morgan fingerprint density at radius 3 is 2.68 bits per heavy atom. The summed E-state index contributed by atoms with van der Waals surface area (Å²) in [5.74, 6) is 0.739. The summed E-state index contributed by atoms with van der Waals surface area (Å²) in [7, 11) is 0. The molecular formula is C15H21ClN2O. The van der Waals surface area contributed by atoms with Gasteiger partial charge in [-0.1, -0.05) is 29.8 Å². The fourth-order valence-electron chi connectivity index (χ4n) is 2.20. The molecule has 1 saturated carbocycles. The molecule has 0 saturated heterocycles. The average molecular weight is 281 g/mol. The summed E-state index contributed by atoms with van der Waals surface area (Å²) in [6.07, 6.45) is 2.48. The van der Waals surface area contributed by atoms with Gasteiger partial charge in [0, 0.05) is 17.1 Å². The van der Waals surface area contributed by atoms with Crippen LogP contribution in [0.25, 0.3) is 0 Å². The van der Waals surface area contributed by atoms with E-state index in [1.165, 1.54) is 12.8 Å². The lowest BCUT2D eigenvalue weighted by atomic mass is 10.1. The molecule has 0 unspecified atom stereocenters. The van der Waals surface area contributed by atoms with Gasteiger partial charge < -0.3 is 10.6 Å². The van der Waals surface area contributed by atoms with Crippen molar-refractivity contribution in [2.75, 3.05) is 6.54 Å². The van der Waals surface area contributed by atoms with Crippen molar-refractivity contribution in [3.05, 3.63) is 34.9 Å². The first-order valence-electron chi connectivity index (χ1n) is 6.85. The number of rotatable bonds is 6. The summed E-state index contributed by atoms with van der Waals surface area (Å²) in [4.78, 5) is 11.8. The van der Waals surface area contributed by atoms with Crippen LogP contribution >= 0.6 is 11.6 Å². The largest absolute Gasteiger partial charge is 0.352 e. The molecule has 0 aromatic heterocycles. The summed E-state index contributed by atoms with van der Waals surface area (Å²) in [6.45, 7) is 4.41. The molecule has 0 aliphatic heterocycles. The molecule has 1 aliphatic carbocycles. The van der Waals surface area contributed by atoms with E-state index in [-0.39, 0.29) is 11.9 Å². The molecule has 0 spiro atoms. The maximum Gasteiger partial charge on any atom is 0.234 e. The van der Waals surface area contributed by atoms with Crippen LogP contribution in [0, 0.1) is 5.92 Å². The van der Waals surface area contributed by atoms with Gasteiger partial charge in [-0.05, 0) is 44.2 Å². The molecule has 4 heteroatoms. The van der Waals surface area contributed by atoms with Crippen LogP contribution in [-0.2, 0) is 4.79 Å². The molecular weight excluding hydrogens is 260 g/mol. The van der Waals surface area contributed by atoms with Crippen LogP contribution in [0.3, 0.4) is 0 Å². The average Bonchev–Trinajstić information content (AvgIpc) is 3.20. The van der Waals surface area contributed by atoms with E-state index >= 15 is 0 Å². The fraction of sp³-hybridized carbons (Fsp3) is 0.533. The Morgan fingerprint density at radius 1 is 1.37 bits per heavy atom. The first kappa shape index (κ1) is 14.4. The number of carbonyl (C=O) groups is 1. The summed E-state index contributed by atoms with van der Waals surface area (Å²) in [5.41, 5.74) is 1.02. The van der Waals surface area contributed by atoms with Crippen LogP contribution in [0.4, 0.5) is 0 Å². The van der Waals surface area contributed by atoms with E-state index in [0.29, 0.717) is 18.5 Å². The monoisotopic (exact) mass is 280 g/mol. The van der Waals surface area contributed by atoms with Crippen LogP contribution in [0.15, 0.2) is 24.3 Å². The minimum Gasteiger partial charge on any atom is -0.352 e. The molecule has 1 aromatic carbocycles. The minimum absolute atomic E-state index is 0.0540. The van der Waals surface area contributed by atoms with E-state index in [1.807, 2.05) is 31.2 Å². The predicted molar refractivity (Wildman–Crippen MR) is 78.2 cm³/mol. The second-order valence-corrected chi connectivity index (χ2v) is 5.72. The zero-order chi connectivity index (χ0) is 13.8. The molecule has 0 radical (unpaired) electrons. The number of hydrogen-bond acceptors (Lipinski definition) is 2.